The molecule has 0 aromatic heterocycles. The van der Waals surface area contributed by atoms with Gasteiger partial charge in [-0.1, -0.05) is 42.5 Å². The number of nitro benzene ring substituents is 1. The van der Waals surface area contributed by atoms with Crippen molar-refractivity contribution in [3.63, 3.8) is 0 Å². The van der Waals surface area contributed by atoms with E-state index < -0.39 is 29.2 Å². The minimum Gasteiger partial charge on any atom is -0.486 e. The number of carbonyl (C=O) groups excluding carboxylic acids is 2. The van der Waals surface area contributed by atoms with E-state index >= 15 is 0 Å². The number of non-ortho nitro benzene ring substituents is 1. The zero-order chi connectivity index (χ0) is 26.4. The second kappa shape index (κ2) is 11.6. The Labute approximate surface area is 214 Å². The van der Waals surface area contributed by atoms with E-state index in [1.54, 1.807) is 0 Å². The van der Waals surface area contributed by atoms with Crippen molar-refractivity contribution in [3.05, 3.63) is 105 Å². The number of amides is 1. The zero-order valence-electron chi connectivity index (χ0n) is 20.7. The van der Waals surface area contributed by atoms with Gasteiger partial charge in [-0.05, 0) is 48.7 Å². The van der Waals surface area contributed by atoms with Crippen LogP contribution in [0.4, 0.5) is 10.5 Å². The SMILES string of the molecule is Cc1cccc(OC2CCN(C(=O)OCc3ccccc3)CC2OC(=O)c2ccc([N+](=O)[O-])cc2)c1C. The highest BCUT2D eigenvalue weighted by atomic mass is 16.6. The maximum absolute atomic E-state index is 12.9. The molecular formula is C28H28N2O7. The number of nitrogens with zero attached hydrogens (tertiary/aromatic N) is 2. The van der Waals surface area contributed by atoms with E-state index in [-0.39, 0.29) is 24.4 Å². The Morgan fingerprint density at radius 3 is 2.41 bits per heavy atom. The van der Waals surface area contributed by atoms with E-state index in [0.29, 0.717) is 18.7 Å². The topological polar surface area (TPSA) is 108 Å². The zero-order valence-corrected chi connectivity index (χ0v) is 20.7. The number of piperidine rings is 1. The molecule has 0 saturated carbocycles. The van der Waals surface area contributed by atoms with Crippen molar-refractivity contribution in [2.75, 3.05) is 13.1 Å². The van der Waals surface area contributed by atoms with Crippen LogP contribution in [-0.4, -0.2) is 47.2 Å². The number of nitro groups is 1. The first kappa shape index (κ1) is 25.7. The molecule has 37 heavy (non-hydrogen) atoms. The van der Waals surface area contributed by atoms with E-state index in [0.717, 1.165) is 16.7 Å². The van der Waals surface area contributed by atoms with Crippen LogP contribution in [-0.2, 0) is 16.1 Å². The monoisotopic (exact) mass is 504 g/mol. The number of hydrogen-bond acceptors (Lipinski definition) is 7. The summed E-state index contributed by atoms with van der Waals surface area (Å²) >= 11 is 0. The van der Waals surface area contributed by atoms with Gasteiger partial charge in [0.1, 0.15) is 18.5 Å². The second-order valence-electron chi connectivity index (χ2n) is 8.88. The molecule has 1 heterocycles. The Morgan fingerprint density at radius 2 is 1.70 bits per heavy atom. The third-order valence-corrected chi connectivity index (χ3v) is 6.37. The van der Waals surface area contributed by atoms with Gasteiger partial charge in [0.05, 0.1) is 17.0 Å². The van der Waals surface area contributed by atoms with Crippen molar-refractivity contribution in [1.29, 1.82) is 0 Å². The molecule has 1 amide bonds. The average molecular weight is 505 g/mol. The Bertz CT molecular complexity index is 1260. The van der Waals surface area contributed by atoms with Gasteiger partial charge in [0.2, 0.25) is 0 Å². The first-order valence-electron chi connectivity index (χ1n) is 12.0. The van der Waals surface area contributed by atoms with Gasteiger partial charge in [0.15, 0.2) is 6.10 Å². The van der Waals surface area contributed by atoms with Crippen LogP contribution in [0.5, 0.6) is 5.75 Å². The van der Waals surface area contributed by atoms with Crippen molar-refractivity contribution >= 4 is 17.7 Å². The first-order valence-corrected chi connectivity index (χ1v) is 12.0. The van der Waals surface area contributed by atoms with Crippen molar-refractivity contribution in [2.24, 2.45) is 0 Å². The maximum Gasteiger partial charge on any atom is 0.410 e. The predicted octanol–water partition coefficient (Wildman–Crippen LogP) is 5.23. The quantitative estimate of drug-likeness (QED) is 0.246. The number of carbonyl (C=O) groups is 2. The molecule has 1 aliphatic rings. The Balaban J connectivity index is 1.48. The van der Waals surface area contributed by atoms with Crippen molar-refractivity contribution in [2.45, 2.75) is 39.1 Å². The molecule has 1 aliphatic heterocycles. The number of ether oxygens (including phenoxy) is 3. The third kappa shape index (κ3) is 6.43. The molecule has 1 fully saturated rings. The summed E-state index contributed by atoms with van der Waals surface area (Å²) in [6, 6.07) is 20.3. The molecule has 4 rings (SSSR count). The smallest absolute Gasteiger partial charge is 0.410 e. The molecule has 0 radical (unpaired) electrons. The largest absolute Gasteiger partial charge is 0.486 e. The summed E-state index contributed by atoms with van der Waals surface area (Å²) in [5.41, 5.74) is 2.95. The number of aryl methyl sites for hydroxylation is 1. The lowest BCUT2D eigenvalue weighted by atomic mass is 10.0. The van der Waals surface area contributed by atoms with Crippen LogP contribution in [0, 0.1) is 24.0 Å². The number of esters is 1. The van der Waals surface area contributed by atoms with Crippen LogP contribution < -0.4 is 4.74 Å². The normalized spacial score (nSPS) is 17.1. The molecule has 0 spiro atoms. The van der Waals surface area contributed by atoms with E-state index in [4.69, 9.17) is 14.2 Å². The van der Waals surface area contributed by atoms with Crippen molar-refractivity contribution in [1.82, 2.24) is 4.90 Å². The first-order chi connectivity index (χ1) is 17.8. The molecule has 2 unspecified atom stereocenters. The summed E-state index contributed by atoms with van der Waals surface area (Å²) in [7, 11) is 0. The Kier molecular flexibility index (Phi) is 8.02. The van der Waals surface area contributed by atoms with Crippen molar-refractivity contribution < 1.29 is 28.7 Å². The maximum atomic E-state index is 12.9. The fraction of sp³-hybridized carbons (Fsp3) is 0.286. The fourth-order valence-corrected chi connectivity index (χ4v) is 4.06. The van der Waals surface area contributed by atoms with Crippen LogP contribution in [0.3, 0.4) is 0 Å². The molecule has 3 aromatic carbocycles. The lowest BCUT2D eigenvalue weighted by molar-refractivity contribution is -0.384. The molecule has 0 aliphatic carbocycles. The molecular weight excluding hydrogens is 476 g/mol. The highest BCUT2D eigenvalue weighted by molar-refractivity contribution is 5.89. The van der Waals surface area contributed by atoms with Crippen LogP contribution in [0.1, 0.15) is 33.5 Å². The van der Waals surface area contributed by atoms with E-state index in [1.165, 1.54) is 29.2 Å². The molecule has 192 valence electrons. The van der Waals surface area contributed by atoms with Crippen LogP contribution in [0.25, 0.3) is 0 Å². The summed E-state index contributed by atoms with van der Waals surface area (Å²) in [5, 5.41) is 10.9. The van der Waals surface area contributed by atoms with E-state index in [1.807, 2.05) is 62.4 Å². The summed E-state index contributed by atoms with van der Waals surface area (Å²) in [6.45, 7) is 4.53. The minimum absolute atomic E-state index is 0.0852. The van der Waals surface area contributed by atoms with Gasteiger partial charge in [-0.2, -0.15) is 0 Å². The Morgan fingerprint density at radius 1 is 0.973 bits per heavy atom. The lowest BCUT2D eigenvalue weighted by Crippen LogP contribution is -2.52. The summed E-state index contributed by atoms with van der Waals surface area (Å²) in [5.74, 6) is 0.0236. The van der Waals surface area contributed by atoms with Crippen LogP contribution >= 0.6 is 0 Å². The Hall–Kier alpha value is -4.40. The van der Waals surface area contributed by atoms with Crippen LogP contribution in [0.15, 0.2) is 72.8 Å². The standard InChI is InChI=1S/C28H28N2O7/c1-19-7-6-10-24(20(19)2)36-25-15-16-29(28(32)35-18-21-8-4-3-5-9-21)17-26(25)37-27(31)22-11-13-23(14-12-22)30(33)34/h3-14,25-26H,15-18H2,1-2H3. The number of rotatable bonds is 7. The molecule has 1 saturated heterocycles. The highest BCUT2D eigenvalue weighted by Gasteiger charge is 2.37. The summed E-state index contributed by atoms with van der Waals surface area (Å²) in [6.07, 6.45) is -1.36. The third-order valence-electron chi connectivity index (χ3n) is 6.37. The molecule has 9 heteroatoms. The van der Waals surface area contributed by atoms with Gasteiger partial charge in [-0.25, -0.2) is 9.59 Å². The van der Waals surface area contributed by atoms with E-state index in [9.17, 15) is 19.7 Å². The molecule has 9 nitrogen and oxygen atoms in total. The van der Waals surface area contributed by atoms with Crippen molar-refractivity contribution in [3.8, 4) is 5.75 Å². The molecule has 0 bridgehead atoms. The van der Waals surface area contributed by atoms with Gasteiger partial charge in [-0.3, -0.25) is 10.1 Å². The average Bonchev–Trinajstić information content (AvgIpc) is 2.91. The number of hydrogen-bond donors (Lipinski definition) is 0. The number of benzene rings is 3. The predicted molar refractivity (Wildman–Crippen MR) is 135 cm³/mol. The molecule has 2 atom stereocenters. The van der Waals surface area contributed by atoms with Gasteiger partial charge < -0.3 is 19.1 Å². The van der Waals surface area contributed by atoms with Gasteiger partial charge in [-0.15, -0.1) is 0 Å². The summed E-state index contributed by atoms with van der Waals surface area (Å²) in [4.78, 5) is 37.6. The van der Waals surface area contributed by atoms with Gasteiger partial charge >= 0.3 is 12.1 Å². The summed E-state index contributed by atoms with van der Waals surface area (Å²) < 4.78 is 17.5. The minimum atomic E-state index is -0.777. The van der Waals surface area contributed by atoms with Gasteiger partial charge in [0, 0.05) is 25.1 Å². The molecule has 0 N–H and O–H groups in total. The highest BCUT2D eigenvalue weighted by Crippen LogP contribution is 2.27. The van der Waals surface area contributed by atoms with Crippen LogP contribution in [0.2, 0.25) is 0 Å². The molecule has 3 aromatic rings. The lowest BCUT2D eigenvalue weighted by Gasteiger charge is -2.37. The number of likely N-dealkylation sites (tertiary alicyclic amines) is 1. The van der Waals surface area contributed by atoms with E-state index in [2.05, 4.69) is 0 Å². The van der Waals surface area contributed by atoms with Gasteiger partial charge in [0.25, 0.3) is 5.69 Å². The second-order valence-corrected chi connectivity index (χ2v) is 8.88. The fourth-order valence-electron chi connectivity index (χ4n) is 4.06.